The van der Waals surface area contributed by atoms with Crippen LogP contribution in [0.1, 0.15) is 18.1 Å². The van der Waals surface area contributed by atoms with Crippen LogP contribution in [0.25, 0.3) is 0 Å². The first-order valence-corrected chi connectivity index (χ1v) is 4.98. The van der Waals surface area contributed by atoms with Gasteiger partial charge in [-0.25, -0.2) is 0 Å². The van der Waals surface area contributed by atoms with E-state index in [1.54, 1.807) is 7.11 Å². The summed E-state index contributed by atoms with van der Waals surface area (Å²) in [5, 5.41) is 3.23. The minimum atomic E-state index is 0.477. The van der Waals surface area contributed by atoms with E-state index in [9.17, 15) is 0 Å². The molecule has 78 valence electrons. The van der Waals surface area contributed by atoms with Gasteiger partial charge < -0.3 is 10.1 Å². The van der Waals surface area contributed by atoms with Crippen LogP contribution in [-0.4, -0.2) is 20.2 Å². The Morgan fingerprint density at radius 1 is 1.43 bits per heavy atom. The molecule has 0 aliphatic rings. The average Bonchev–Trinajstić information content (AvgIpc) is 2.18. The Morgan fingerprint density at radius 2 is 2.14 bits per heavy atom. The largest absolute Gasteiger partial charge is 0.496 e. The number of rotatable bonds is 4. The third kappa shape index (κ3) is 2.74. The second kappa shape index (κ2) is 5.01. The van der Waals surface area contributed by atoms with E-state index in [4.69, 9.17) is 4.74 Å². The summed E-state index contributed by atoms with van der Waals surface area (Å²) in [6.07, 6.45) is 1.00. The van der Waals surface area contributed by atoms with Crippen molar-refractivity contribution in [1.29, 1.82) is 0 Å². The van der Waals surface area contributed by atoms with E-state index in [-0.39, 0.29) is 0 Å². The SMILES string of the molecule is CNC(C)Cc1cc(C)ccc1OC. The molecule has 0 aliphatic carbocycles. The van der Waals surface area contributed by atoms with Gasteiger partial charge in [-0.3, -0.25) is 0 Å². The highest BCUT2D eigenvalue weighted by Gasteiger charge is 2.06. The quantitative estimate of drug-likeness (QED) is 0.791. The zero-order valence-electron chi connectivity index (χ0n) is 9.42. The molecule has 1 unspecified atom stereocenters. The maximum atomic E-state index is 5.32. The number of nitrogens with one attached hydrogen (secondary N) is 1. The molecule has 0 fully saturated rings. The van der Waals surface area contributed by atoms with Crippen LogP contribution in [-0.2, 0) is 6.42 Å². The van der Waals surface area contributed by atoms with Gasteiger partial charge in [-0.1, -0.05) is 17.7 Å². The highest BCUT2D eigenvalue weighted by atomic mass is 16.5. The van der Waals surface area contributed by atoms with E-state index in [1.807, 2.05) is 13.1 Å². The summed E-state index contributed by atoms with van der Waals surface area (Å²) in [6, 6.07) is 6.78. The number of hydrogen-bond donors (Lipinski definition) is 1. The van der Waals surface area contributed by atoms with E-state index in [1.165, 1.54) is 11.1 Å². The predicted octanol–water partition coefficient (Wildman–Crippen LogP) is 2.15. The molecule has 0 amide bonds. The molecule has 0 aromatic heterocycles. The molecule has 0 radical (unpaired) electrons. The summed E-state index contributed by atoms with van der Waals surface area (Å²) in [5.74, 6) is 0.984. The van der Waals surface area contributed by atoms with Gasteiger partial charge in [0, 0.05) is 6.04 Å². The lowest BCUT2D eigenvalue weighted by Crippen LogP contribution is -2.23. The van der Waals surface area contributed by atoms with Gasteiger partial charge in [0.15, 0.2) is 0 Å². The van der Waals surface area contributed by atoms with E-state index in [0.717, 1.165) is 12.2 Å². The lowest BCUT2D eigenvalue weighted by atomic mass is 10.0. The molecule has 2 nitrogen and oxygen atoms in total. The molecule has 0 saturated carbocycles. The summed E-state index contributed by atoms with van der Waals surface area (Å²) in [4.78, 5) is 0. The summed E-state index contributed by atoms with van der Waals surface area (Å²) < 4.78 is 5.32. The van der Waals surface area contributed by atoms with Crippen LogP contribution in [0.5, 0.6) is 5.75 Å². The molecule has 1 aromatic carbocycles. The zero-order chi connectivity index (χ0) is 10.6. The van der Waals surface area contributed by atoms with Crippen molar-refractivity contribution in [3.8, 4) is 5.75 Å². The normalized spacial score (nSPS) is 12.6. The third-order valence-corrected chi connectivity index (χ3v) is 2.45. The van der Waals surface area contributed by atoms with Crippen molar-refractivity contribution < 1.29 is 4.74 Å². The van der Waals surface area contributed by atoms with E-state index >= 15 is 0 Å². The van der Waals surface area contributed by atoms with Crippen LogP contribution in [0.2, 0.25) is 0 Å². The maximum absolute atomic E-state index is 5.32. The average molecular weight is 193 g/mol. The smallest absolute Gasteiger partial charge is 0.122 e. The number of methoxy groups -OCH3 is 1. The first kappa shape index (κ1) is 11.1. The fraction of sp³-hybridized carbons (Fsp3) is 0.500. The zero-order valence-corrected chi connectivity index (χ0v) is 9.42. The monoisotopic (exact) mass is 193 g/mol. The molecule has 0 heterocycles. The number of ether oxygens (including phenoxy) is 1. The van der Waals surface area contributed by atoms with Gasteiger partial charge in [0.05, 0.1) is 7.11 Å². The Balaban J connectivity index is 2.87. The van der Waals surface area contributed by atoms with Crippen molar-refractivity contribution in [1.82, 2.24) is 5.32 Å². The fourth-order valence-electron chi connectivity index (χ4n) is 1.50. The summed E-state index contributed by atoms with van der Waals surface area (Å²) >= 11 is 0. The summed E-state index contributed by atoms with van der Waals surface area (Å²) in [5.41, 5.74) is 2.55. The molecule has 0 bridgehead atoms. The Kier molecular flexibility index (Phi) is 3.96. The lowest BCUT2D eigenvalue weighted by molar-refractivity contribution is 0.407. The lowest BCUT2D eigenvalue weighted by Gasteiger charge is -2.13. The minimum Gasteiger partial charge on any atom is -0.496 e. The Labute approximate surface area is 86.3 Å². The van der Waals surface area contributed by atoms with Gasteiger partial charge in [-0.2, -0.15) is 0 Å². The van der Waals surface area contributed by atoms with Crippen LogP contribution < -0.4 is 10.1 Å². The van der Waals surface area contributed by atoms with Crippen molar-refractivity contribution in [3.63, 3.8) is 0 Å². The molecule has 1 rings (SSSR count). The molecule has 0 saturated heterocycles. The molecule has 2 heteroatoms. The highest BCUT2D eigenvalue weighted by Crippen LogP contribution is 2.20. The topological polar surface area (TPSA) is 21.3 Å². The molecule has 1 aromatic rings. The second-order valence-corrected chi connectivity index (χ2v) is 3.71. The van der Waals surface area contributed by atoms with Gasteiger partial charge in [0.2, 0.25) is 0 Å². The number of hydrogen-bond acceptors (Lipinski definition) is 2. The van der Waals surface area contributed by atoms with Crippen LogP contribution in [0.3, 0.4) is 0 Å². The molecule has 0 aliphatic heterocycles. The van der Waals surface area contributed by atoms with Gasteiger partial charge >= 0.3 is 0 Å². The van der Waals surface area contributed by atoms with Crippen molar-refractivity contribution in [2.24, 2.45) is 0 Å². The van der Waals surface area contributed by atoms with Gasteiger partial charge in [0.25, 0.3) is 0 Å². The van der Waals surface area contributed by atoms with E-state index < -0.39 is 0 Å². The predicted molar refractivity (Wildman–Crippen MR) is 60.0 cm³/mol. The molecule has 1 atom stereocenters. The molecular weight excluding hydrogens is 174 g/mol. The number of aryl methyl sites for hydroxylation is 1. The molecular formula is C12H19NO. The van der Waals surface area contributed by atoms with Crippen LogP contribution in [0, 0.1) is 6.92 Å². The maximum Gasteiger partial charge on any atom is 0.122 e. The molecule has 0 spiro atoms. The Hall–Kier alpha value is -1.02. The summed E-state index contributed by atoms with van der Waals surface area (Å²) in [7, 11) is 3.70. The van der Waals surface area contributed by atoms with Gasteiger partial charge in [-0.05, 0) is 38.9 Å². The van der Waals surface area contributed by atoms with Crippen molar-refractivity contribution >= 4 is 0 Å². The minimum absolute atomic E-state index is 0.477. The van der Waals surface area contributed by atoms with Gasteiger partial charge in [0.1, 0.15) is 5.75 Å². The van der Waals surface area contributed by atoms with Crippen LogP contribution in [0.15, 0.2) is 18.2 Å². The first-order valence-electron chi connectivity index (χ1n) is 4.98. The van der Waals surface area contributed by atoms with Gasteiger partial charge in [-0.15, -0.1) is 0 Å². The second-order valence-electron chi connectivity index (χ2n) is 3.71. The van der Waals surface area contributed by atoms with Crippen molar-refractivity contribution in [3.05, 3.63) is 29.3 Å². The summed E-state index contributed by atoms with van der Waals surface area (Å²) in [6.45, 7) is 4.27. The highest BCUT2D eigenvalue weighted by molar-refractivity contribution is 5.37. The number of benzene rings is 1. The van der Waals surface area contributed by atoms with Crippen LogP contribution in [0.4, 0.5) is 0 Å². The Bertz CT molecular complexity index is 296. The van der Waals surface area contributed by atoms with E-state index in [0.29, 0.717) is 6.04 Å². The van der Waals surface area contributed by atoms with E-state index in [2.05, 4.69) is 31.3 Å². The third-order valence-electron chi connectivity index (χ3n) is 2.45. The number of likely N-dealkylation sites (N-methyl/N-ethyl adjacent to an activating group) is 1. The molecule has 1 N–H and O–H groups in total. The standard InChI is InChI=1S/C12H19NO/c1-9-5-6-12(14-4)11(7-9)8-10(2)13-3/h5-7,10,13H,8H2,1-4H3. The van der Waals surface area contributed by atoms with Crippen molar-refractivity contribution in [2.75, 3.05) is 14.2 Å². The van der Waals surface area contributed by atoms with Crippen LogP contribution >= 0.6 is 0 Å². The fourth-order valence-corrected chi connectivity index (χ4v) is 1.50. The van der Waals surface area contributed by atoms with Crippen molar-refractivity contribution in [2.45, 2.75) is 26.3 Å². The first-order chi connectivity index (χ1) is 6.67. The Morgan fingerprint density at radius 3 is 2.71 bits per heavy atom. The molecule has 14 heavy (non-hydrogen) atoms.